The minimum Gasteiger partial charge on any atom is -0.349 e. The summed E-state index contributed by atoms with van der Waals surface area (Å²) in [5, 5.41) is 2.95. The smallest absolute Gasteiger partial charge is 0.193 e. The fourth-order valence-corrected chi connectivity index (χ4v) is 2.46. The summed E-state index contributed by atoms with van der Waals surface area (Å²) < 4.78 is 0. The predicted molar refractivity (Wildman–Crippen MR) is 72.3 cm³/mol. The van der Waals surface area contributed by atoms with Crippen molar-refractivity contribution in [3.8, 4) is 0 Å². The zero-order valence-electron chi connectivity index (χ0n) is 9.63. The minimum absolute atomic E-state index is 0.470. The van der Waals surface area contributed by atoms with Gasteiger partial charge in [-0.05, 0) is 23.9 Å². The quantitative estimate of drug-likeness (QED) is 0.707. The van der Waals surface area contributed by atoms with E-state index in [1.165, 1.54) is 17.1 Å². The van der Waals surface area contributed by atoms with Gasteiger partial charge in [-0.3, -0.25) is 0 Å². The second-order valence-electron chi connectivity index (χ2n) is 3.90. The van der Waals surface area contributed by atoms with E-state index in [1.54, 1.807) is 12.4 Å². The van der Waals surface area contributed by atoms with Gasteiger partial charge in [-0.25, -0.2) is 9.97 Å². The SMILES string of the molecule is NCc1cnc(Sc2cc3ccccc3[nH]2)nc1. The Hall–Kier alpha value is -1.85. The Morgan fingerprint density at radius 3 is 2.67 bits per heavy atom. The van der Waals surface area contributed by atoms with Crippen LogP contribution in [0.5, 0.6) is 0 Å². The number of aromatic amines is 1. The highest BCUT2D eigenvalue weighted by molar-refractivity contribution is 7.99. The number of fused-ring (bicyclic) bond motifs is 1. The number of aromatic nitrogens is 3. The zero-order chi connectivity index (χ0) is 12.4. The van der Waals surface area contributed by atoms with E-state index in [0.717, 1.165) is 21.3 Å². The number of nitrogens with one attached hydrogen (secondary N) is 1. The molecule has 0 atom stereocenters. The van der Waals surface area contributed by atoms with Gasteiger partial charge >= 0.3 is 0 Å². The molecule has 3 N–H and O–H groups in total. The Morgan fingerprint density at radius 1 is 1.17 bits per heavy atom. The molecule has 0 aliphatic carbocycles. The van der Waals surface area contributed by atoms with Crippen molar-refractivity contribution in [1.29, 1.82) is 0 Å². The summed E-state index contributed by atoms with van der Waals surface area (Å²) in [6.45, 7) is 0.470. The fourth-order valence-electron chi connectivity index (χ4n) is 1.70. The second kappa shape index (κ2) is 4.80. The molecule has 3 rings (SSSR count). The van der Waals surface area contributed by atoms with Gasteiger partial charge in [0.05, 0.1) is 5.03 Å². The lowest BCUT2D eigenvalue weighted by molar-refractivity contribution is 0.912. The molecular formula is C13H12N4S. The number of hydrogen-bond acceptors (Lipinski definition) is 4. The highest BCUT2D eigenvalue weighted by Gasteiger charge is 2.04. The number of para-hydroxylation sites is 1. The third-order valence-electron chi connectivity index (χ3n) is 2.62. The van der Waals surface area contributed by atoms with Crippen LogP contribution in [-0.2, 0) is 6.54 Å². The van der Waals surface area contributed by atoms with Gasteiger partial charge in [0.25, 0.3) is 0 Å². The van der Waals surface area contributed by atoms with E-state index in [-0.39, 0.29) is 0 Å². The molecule has 0 unspecified atom stereocenters. The Kier molecular flexibility index (Phi) is 3.00. The van der Waals surface area contributed by atoms with Crippen LogP contribution in [0, 0.1) is 0 Å². The Bertz CT molecular complexity index is 627. The standard InChI is InChI=1S/C13H12N4S/c14-6-9-7-15-13(16-8-9)18-12-5-10-3-1-2-4-11(10)17-12/h1-5,7-8,17H,6,14H2. The molecule has 0 spiro atoms. The van der Waals surface area contributed by atoms with E-state index in [0.29, 0.717) is 6.54 Å². The van der Waals surface area contributed by atoms with Crippen molar-refractivity contribution in [1.82, 2.24) is 15.0 Å². The largest absolute Gasteiger partial charge is 0.349 e. The van der Waals surface area contributed by atoms with Gasteiger partial charge in [0.1, 0.15) is 0 Å². The van der Waals surface area contributed by atoms with Gasteiger partial charge in [-0.2, -0.15) is 0 Å². The third kappa shape index (κ3) is 2.23. The molecule has 0 radical (unpaired) electrons. The second-order valence-corrected chi connectivity index (χ2v) is 4.91. The van der Waals surface area contributed by atoms with Crippen molar-refractivity contribution in [3.05, 3.63) is 48.3 Å². The number of hydrogen-bond donors (Lipinski definition) is 2. The maximum absolute atomic E-state index is 5.51. The van der Waals surface area contributed by atoms with Crippen LogP contribution >= 0.6 is 11.8 Å². The van der Waals surface area contributed by atoms with Crippen LogP contribution in [-0.4, -0.2) is 15.0 Å². The summed E-state index contributed by atoms with van der Waals surface area (Å²) in [5.41, 5.74) is 7.57. The lowest BCUT2D eigenvalue weighted by Gasteiger charge is -1.98. The Balaban J connectivity index is 1.86. The van der Waals surface area contributed by atoms with Crippen LogP contribution in [0.2, 0.25) is 0 Å². The molecule has 1 aromatic carbocycles. The lowest BCUT2D eigenvalue weighted by Crippen LogP contribution is -1.98. The Morgan fingerprint density at radius 2 is 1.94 bits per heavy atom. The molecule has 18 heavy (non-hydrogen) atoms. The highest BCUT2D eigenvalue weighted by atomic mass is 32.2. The number of benzene rings is 1. The van der Waals surface area contributed by atoms with Crippen LogP contribution < -0.4 is 5.73 Å². The van der Waals surface area contributed by atoms with Crippen LogP contribution in [0.15, 0.2) is 52.9 Å². The first-order valence-electron chi connectivity index (χ1n) is 5.62. The van der Waals surface area contributed by atoms with E-state index in [2.05, 4.69) is 33.2 Å². The maximum atomic E-state index is 5.51. The van der Waals surface area contributed by atoms with Gasteiger partial charge in [-0.1, -0.05) is 18.2 Å². The van der Waals surface area contributed by atoms with Crippen molar-refractivity contribution < 1.29 is 0 Å². The van der Waals surface area contributed by atoms with E-state index >= 15 is 0 Å². The minimum atomic E-state index is 0.470. The molecule has 0 aliphatic rings. The van der Waals surface area contributed by atoms with E-state index in [1.807, 2.05) is 12.1 Å². The molecule has 3 aromatic rings. The highest BCUT2D eigenvalue weighted by Crippen LogP contribution is 2.27. The van der Waals surface area contributed by atoms with Gasteiger partial charge < -0.3 is 10.7 Å². The van der Waals surface area contributed by atoms with Crippen molar-refractivity contribution in [2.45, 2.75) is 16.7 Å². The molecule has 2 heterocycles. The van der Waals surface area contributed by atoms with Gasteiger partial charge in [0.15, 0.2) is 5.16 Å². The van der Waals surface area contributed by atoms with Crippen LogP contribution in [0.3, 0.4) is 0 Å². The summed E-state index contributed by atoms with van der Waals surface area (Å²) in [6, 6.07) is 10.3. The summed E-state index contributed by atoms with van der Waals surface area (Å²) in [7, 11) is 0. The maximum Gasteiger partial charge on any atom is 0.193 e. The predicted octanol–water partition coefficient (Wildman–Crippen LogP) is 2.57. The van der Waals surface area contributed by atoms with E-state index in [9.17, 15) is 0 Å². The van der Waals surface area contributed by atoms with E-state index < -0.39 is 0 Å². The summed E-state index contributed by atoms with van der Waals surface area (Å²) in [5.74, 6) is 0. The molecule has 0 saturated carbocycles. The van der Waals surface area contributed by atoms with Crippen molar-refractivity contribution in [2.75, 3.05) is 0 Å². The summed E-state index contributed by atoms with van der Waals surface area (Å²) in [4.78, 5) is 11.9. The summed E-state index contributed by atoms with van der Waals surface area (Å²) >= 11 is 1.51. The Labute approximate surface area is 109 Å². The average molecular weight is 256 g/mol. The number of rotatable bonds is 3. The molecule has 0 amide bonds. The van der Waals surface area contributed by atoms with Crippen molar-refractivity contribution in [2.24, 2.45) is 5.73 Å². The molecular weight excluding hydrogens is 244 g/mol. The van der Waals surface area contributed by atoms with Crippen molar-refractivity contribution >= 4 is 22.7 Å². The average Bonchev–Trinajstić information content (AvgIpc) is 2.82. The van der Waals surface area contributed by atoms with Gasteiger partial charge in [0, 0.05) is 35.4 Å². The van der Waals surface area contributed by atoms with Crippen molar-refractivity contribution in [3.63, 3.8) is 0 Å². The molecule has 0 saturated heterocycles. The third-order valence-corrected chi connectivity index (χ3v) is 3.46. The molecule has 90 valence electrons. The first kappa shape index (κ1) is 11.3. The van der Waals surface area contributed by atoms with Gasteiger partial charge in [0.2, 0.25) is 0 Å². The normalized spacial score (nSPS) is 10.9. The fraction of sp³-hybridized carbons (Fsp3) is 0.0769. The first-order valence-corrected chi connectivity index (χ1v) is 6.43. The number of H-pyrrole nitrogens is 1. The monoisotopic (exact) mass is 256 g/mol. The van der Waals surface area contributed by atoms with Gasteiger partial charge in [-0.15, -0.1) is 0 Å². The van der Waals surface area contributed by atoms with Crippen LogP contribution in [0.1, 0.15) is 5.56 Å². The molecule has 0 aliphatic heterocycles. The first-order chi connectivity index (χ1) is 8.85. The lowest BCUT2D eigenvalue weighted by atomic mass is 10.3. The van der Waals surface area contributed by atoms with Crippen LogP contribution in [0.25, 0.3) is 10.9 Å². The molecule has 2 aromatic heterocycles. The van der Waals surface area contributed by atoms with E-state index in [4.69, 9.17) is 5.73 Å². The number of nitrogens with zero attached hydrogens (tertiary/aromatic N) is 2. The summed E-state index contributed by atoms with van der Waals surface area (Å²) in [6.07, 6.45) is 3.52. The zero-order valence-corrected chi connectivity index (χ0v) is 10.4. The molecule has 5 heteroatoms. The molecule has 4 nitrogen and oxygen atoms in total. The topological polar surface area (TPSA) is 67.6 Å². The molecule has 0 bridgehead atoms. The number of nitrogens with two attached hydrogens (primary N) is 1. The van der Waals surface area contributed by atoms with Crippen LogP contribution in [0.4, 0.5) is 0 Å². The molecule has 0 fully saturated rings.